The highest BCUT2D eigenvalue weighted by Gasteiger charge is 2.16. The van der Waals surface area contributed by atoms with Crippen molar-refractivity contribution in [3.63, 3.8) is 0 Å². The van der Waals surface area contributed by atoms with Crippen molar-refractivity contribution in [2.75, 3.05) is 0 Å². The van der Waals surface area contributed by atoms with Crippen molar-refractivity contribution in [3.05, 3.63) is 61.6 Å². The molecule has 0 aliphatic rings. The number of hydrogen-bond donors (Lipinski definition) is 0. The molecule has 0 unspecified atom stereocenters. The quantitative estimate of drug-likeness (QED) is 0.393. The third-order valence-corrected chi connectivity index (χ3v) is 3.93. The van der Waals surface area contributed by atoms with Crippen LogP contribution in [0.1, 0.15) is 17.0 Å². The number of nitrogens with zero attached hydrogens (tertiary/aromatic N) is 7. The number of benzene rings is 1. The molecule has 2 heterocycles. The highest BCUT2D eigenvalue weighted by Crippen LogP contribution is 2.30. The van der Waals surface area contributed by atoms with Crippen molar-refractivity contribution in [1.29, 1.82) is 0 Å². The normalized spacial score (nSPS) is 11.4. The third kappa shape index (κ3) is 3.37. The van der Waals surface area contributed by atoms with Crippen LogP contribution in [0.5, 0.6) is 0 Å². The molecule has 11 heteroatoms. The molecule has 0 fully saturated rings. The van der Waals surface area contributed by atoms with Crippen molar-refractivity contribution in [3.8, 4) is 5.95 Å². The lowest BCUT2D eigenvalue weighted by Gasteiger charge is -2.03. The molecule has 0 aliphatic heterocycles. The molecule has 0 atom stereocenters. The van der Waals surface area contributed by atoms with Crippen molar-refractivity contribution in [2.24, 2.45) is 5.10 Å². The van der Waals surface area contributed by atoms with Gasteiger partial charge in [0.25, 0.3) is 11.6 Å². The van der Waals surface area contributed by atoms with E-state index in [2.05, 4.69) is 20.4 Å². The molecule has 0 radical (unpaired) electrons. The predicted octanol–water partition coefficient (Wildman–Crippen LogP) is 3.18. The number of aromatic nitrogens is 5. The largest absolute Gasteiger partial charge is 0.288 e. The summed E-state index contributed by atoms with van der Waals surface area (Å²) in [6.07, 6.45) is 2.75. The van der Waals surface area contributed by atoms with Gasteiger partial charge in [-0.15, -0.1) is 10.2 Å². The number of hydrogen-bond acceptors (Lipinski definition) is 6. The summed E-state index contributed by atoms with van der Waals surface area (Å²) in [7, 11) is 0. The SMILES string of the molecule is Cc1cc(C)n(-c2nncn2N=Cc2cc([N+](=O)[O-])c(Cl)cc2Cl)n1. The van der Waals surface area contributed by atoms with Crippen molar-refractivity contribution < 1.29 is 4.92 Å². The second-order valence-corrected chi connectivity index (χ2v) is 5.96. The second kappa shape index (κ2) is 6.61. The fraction of sp³-hybridized carbons (Fsp3) is 0.143. The molecule has 1 aromatic carbocycles. The molecule has 0 bridgehead atoms. The van der Waals surface area contributed by atoms with E-state index in [0.29, 0.717) is 11.5 Å². The lowest BCUT2D eigenvalue weighted by molar-refractivity contribution is -0.384. The van der Waals surface area contributed by atoms with E-state index < -0.39 is 4.92 Å². The standard InChI is InChI=1S/C14H11Cl2N7O2/c1-8-3-9(2)22(20-8)14-19-17-7-21(14)18-6-10-4-13(23(24)25)12(16)5-11(10)15/h3-7H,1-2H3. The van der Waals surface area contributed by atoms with E-state index in [1.54, 1.807) is 4.68 Å². The first kappa shape index (κ1) is 17.1. The smallest absolute Gasteiger partial charge is 0.258 e. The highest BCUT2D eigenvalue weighted by molar-refractivity contribution is 6.37. The average Bonchev–Trinajstić information content (AvgIpc) is 3.11. The monoisotopic (exact) mass is 379 g/mol. The van der Waals surface area contributed by atoms with Crippen LogP contribution < -0.4 is 0 Å². The van der Waals surface area contributed by atoms with Gasteiger partial charge in [-0.1, -0.05) is 23.2 Å². The first-order valence-corrected chi connectivity index (χ1v) is 7.74. The number of nitro groups is 1. The Morgan fingerprint density at radius 1 is 1.24 bits per heavy atom. The van der Waals surface area contributed by atoms with Crippen LogP contribution in [0.4, 0.5) is 5.69 Å². The van der Waals surface area contributed by atoms with E-state index in [9.17, 15) is 10.1 Å². The van der Waals surface area contributed by atoms with Crippen LogP contribution in [0, 0.1) is 24.0 Å². The fourth-order valence-corrected chi connectivity index (χ4v) is 2.69. The summed E-state index contributed by atoms with van der Waals surface area (Å²) >= 11 is 11.9. The predicted molar refractivity (Wildman–Crippen MR) is 92.7 cm³/mol. The number of halogens is 2. The summed E-state index contributed by atoms with van der Waals surface area (Å²) in [5, 5.41) is 27.5. The first-order valence-electron chi connectivity index (χ1n) is 6.98. The third-order valence-electron chi connectivity index (χ3n) is 3.30. The van der Waals surface area contributed by atoms with Crippen LogP contribution in [0.2, 0.25) is 10.0 Å². The topological polar surface area (TPSA) is 104 Å². The molecular weight excluding hydrogens is 369 g/mol. The number of rotatable bonds is 4. The van der Waals surface area contributed by atoms with E-state index in [0.717, 1.165) is 11.4 Å². The Morgan fingerprint density at radius 2 is 2.00 bits per heavy atom. The number of aryl methyl sites for hydroxylation is 2. The Morgan fingerprint density at radius 3 is 2.64 bits per heavy atom. The summed E-state index contributed by atoms with van der Waals surface area (Å²) in [6.45, 7) is 3.74. The van der Waals surface area contributed by atoms with Gasteiger partial charge in [-0.2, -0.15) is 14.9 Å². The number of nitro benzene ring substituents is 1. The maximum Gasteiger partial charge on any atom is 0.288 e. The van der Waals surface area contributed by atoms with Crippen LogP contribution in [0.15, 0.2) is 29.6 Å². The Kier molecular flexibility index (Phi) is 4.51. The average molecular weight is 380 g/mol. The van der Waals surface area contributed by atoms with Gasteiger partial charge in [0.1, 0.15) is 11.3 Å². The van der Waals surface area contributed by atoms with Crippen molar-refractivity contribution in [2.45, 2.75) is 13.8 Å². The summed E-state index contributed by atoms with van der Waals surface area (Å²) in [5.41, 5.74) is 1.77. The summed E-state index contributed by atoms with van der Waals surface area (Å²) in [4.78, 5) is 10.4. The molecule has 3 aromatic rings. The molecular formula is C14H11Cl2N7O2. The molecule has 0 amide bonds. The van der Waals surface area contributed by atoms with Gasteiger partial charge in [-0.05, 0) is 26.0 Å². The Hall–Kier alpha value is -2.78. The fourth-order valence-electron chi connectivity index (χ4n) is 2.19. The van der Waals surface area contributed by atoms with Gasteiger partial charge in [0, 0.05) is 17.3 Å². The Labute approximate surface area is 151 Å². The van der Waals surface area contributed by atoms with Gasteiger partial charge in [0.15, 0.2) is 0 Å². The minimum atomic E-state index is -0.587. The second-order valence-electron chi connectivity index (χ2n) is 5.14. The molecule has 25 heavy (non-hydrogen) atoms. The molecule has 9 nitrogen and oxygen atoms in total. The summed E-state index contributed by atoms with van der Waals surface area (Å²) in [6, 6.07) is 4.44. The zero-order chi connectivity index (χ0) is 18.1. The molecule has 2 aromatic heterocycles. The van der Waals surface area contributed by atoms with Gasteiger partial charge >= 0.3 is 0 Å². The molecule has 128 valence electrons. The van der Waals surface area contributed by atoms with Gasteiger partial charge in [-0.25, -0.2) is 4.68 Å². The van der Waals surface area contributed by atoms with E-state index in [4.69, 9.17) is 23.2 Å². The summed E-state index contributed by atoms with van der Waals surface area (Å²) < 4.78 is 2.97. The van der Waals surface area contributed by atoms with E-state index >= 15 is 0 Å². The zero-order valence-electron chi connectivity index (χ0n) is 13.1. The van der Waals surface area contributed by atoms with Crippen molar-refractivity contribution >= 4 is 35.1 Å². The molecule has 0 aliphatic carbocycles. The van der Waals surface area contributed by atoms with E-state index in [1.807, 2.05) is 19.9 Å². The lowest BCUT2D eigenvalue weighted by Crippen LogP contribution is -2.06. The lowest BCUT2D eigenvalue weighted by atomic mass is 10.2. The summed E-state index contributed by atoms with van der Waals surface area (Å²) in [5.74, 6) is 0.376. The van der Waals surface area contributed by atoms with Crippen LogP contribution in [-0.2, 0) is 0 Å². The maximum atomic E-state index is 11.0. The van der Waals surface area contributed by atoms with E-state index in [-0.39, 0.29) is 15.7 Å². The van der Waals surface area contributed by atoms with Gasteiger partial charge in [-0.3, -0.25) is 10.1 Å². The van der Waals surface area contributed by atoms with E-state index in [1.165, 1.54) is 29.4 Å². The first-order chi connectivity index (χ1) is 11.9. The van der Waals surface area contributed by atoms with Crippen LogP contribution in [0.25, 0.3) is 5.95 Å². The Balaban J connectivity index is 1.99. The van der Waals surface area contributed by atoms with Gasteiger partial charge < -0.3 is 0 Å². The van der Waals surface area contributed by atoms with Crippen LogP contribution in [0.3, 0.4) is 0 Å². The Bertz CT molecular complexity index is 993. The maximum absolute atomic E-state index is 11.0. The molecule has 3 rings (SSSR count). The minimum absolute atomic E-state index is 0.0419. The molecule has 0 saturated carbocycles. The van der Waals surface area contributed by atoms with Crippen molar-refractivity contribution in [1.82, 2.24) is 24.7 Å². The van der Waals surface area contributed by atoms with Gasteiger partial charge in [0.2, 0.25) is 0 Å². The molecule has 0 N–H and O–H groups in total. The highest BCUT2D eigenvalue weighted by atomic mass is 35.5. The minimum Gasteiger partial charge on any atom is -0.258 e. The van der Waals surface area contributed by atoms with Crippen LogP contribution >= 0.6 is 23.2 Å². The zero-order valence-corrected chi connectivity index (χ0v) is 14.6. The van der Waals surface area contributed by atoms with Gasteiger partial charge in [0.05, 0.1) is 21.9 Å². The molecule has 0 saturated heterocycles. The van der Waals surface area contributed by atoms with Crippen LogP contribution in [-0.4, -0.2) is 35.8 Å². The molecule has 0 spiro atoms.